The minimum Gasteiger partial charge on any atom is -0.382 e. The van der Waals surface area contributed by atoms with Crippen molar-refractivity contribution >= 4 is 33.8 Å². The summed E-state index contributed by atoms with van der Waals surface area (Å²) in [5.41, 5.74) is 9.98. The highest BCUT2D eigenvalue weighted by Crippen LogP contribution is 2.27. The molecule has 1 aromatic carbocycles. The third-order valence-electron chi connectivity index (χ3n) is 4.78. The first kappa shape index (κ1) is 17.9. The number of nitrogens with zero attached hydrogens (tertiary/aromatic N) is 4. The smallest absolute Gasteiger partial charge is 0.251 e. The molecule has 0 unspecified atom stereocenters. The minimum absolute atomic E-state index is 0.0427. The number of fused-ring (bicyclic) bond motifs is 3. The molecular formula is C21H22N6O. The highest BCUT2D eigenvalue weighted by molar-refractivity contribution is 6.04. The van der Waals surface area contributed by atoms with Crippen molar-refractivity contribution in [3.63, 3.8) is 0 Å². The molecule has 3 heterocycles. The Labute approximate surface area is 162 Å². The number of hydrogen-bond acceptors (Lipinski definition) is 5. The third-order valence-corrected chi connectivity index (χ3v) is 4.78. The lowest BCUT2D eigenvalue weighted by Crippen LogP contribution is -2.24. The Bertz CT molecular complexity index is 1140. The van der Waals surface area contributed by atoms with E-state index < -0.39 is 0 Å². The summed E-state index contributed by atoms with van der Waals surface area (Å²) in [4.78, 5) is 25.6. The summed E-state index contributed by atoms with van der Waals surface area (Å²) in [7, 11) is 0. The Kier molecular flexibility index (Phi) is 4.89. The molecule has 0 radical (unpaired) electrons. The molecule has 0 atom stereocenters. The third kappa shape index (κ3) is 3.38. The van der Waals surface area contributed by atoms with Gasteiger partial charge in [0.05, 0.1) is 5.52 Å². The summed E-state index contributed by atoms with van der Waals surface area (Å²) in [6.45, 7) is 3.37. The number of unbranched alkanes of at least 4 members (excludes halogenated alkanes) is 1. The van der Waals surface area contributed by atoms with E-state index in [0.717, 1.165) is 41.8 Å². The van der Waals surface area contributed by atoms with E-state index in [2.05, 4.69) is 24.8 Å². The van der Waals surface area contributed by atoms with E-state index in [1.807, 2.05) is 49.4 Å². The summed E-state index contributed by atoms with van der Waals surface area (Å²) >= 11 is 0. The number of amides is 1. The number of anilines is 1. The van der Waals surface area contributed by atoms with Gasteiger partial charge >= 0.3 is 0 Å². The maximum atomic E-state index is 12.1. The summed E-state index contributed by atoms with van der Waals surface area (Å²) in [5, 5.41) is 2.96. The average Bonchev–Trinajstić information content (AvgIpc) is 3.05. The van der Waals surface area contributed by atoms with E-state index in [4.69, 9.17) is 5.73 Å². The monoisotopic (exact) mass is 374 g/mol. The van der Waals surface area contributed by atoms with Crippen molar-refractivity contribution in [2.45, 2.75) is 26.3 Å². The Morgan fingerprint density at radius 3 is 2.71 bits per heavy atom. The topological polar surface area (TPSA) is 98.7 Å². The molecule has 0 fully saturated rings. The number of nitrogens with one attached hydrogen (secondary N) is 1. The zero-order valence-electron chi connectivity index (χ0n) is 15.7. The Balaban J connectivity index is 1.45. The van der Waals surface area contributed by atoms with Crippen molar-refractivity contribution < 1.29 is 4.79 Å². The highest BCUT2D eigenvalue weighted by Gasteiger charge is 2.15. The number of aromatic nitrogens is 4. The van der Waals surface area contributed by atoms with E-state index in [1.165, 1.54) is 0 Å². The molecule has 7 nitrogen and oxygen atoms in total. The van der Waals surface area contributed by atoms with Gasteiger partial charge in [0, 0.05) is 24.8 Å². The number of carbonyl (C=O) groups excluding carboxylic acids is 1. The molecule has 0 saturated carbocycles. The van der Waals surface area contributed by atoms with Crippen LogP contribution in [0.2, 0.25) is 0 Å². The van der Waals surface area contributed by atoms with Crippen LogP contribution < -0.4 is 11.1 Å². The number of rotatable bonds is 6. The number of pyridine rings is 2. The van der Waals surface area contributed by atoms with Gasteiger partial charge in [-0.3, -0.25) is 9.78 Å². The van der Waals surface area contributed by atoms with Gasteiger partial charge in [0.2, 0.25) is 0 Å². The molecule has 3 N–H and O–H groups in total. The van der Waals surface area contributed by atoms with Gasteiger partial charge in [0.15, 0.2) is 5.82 Å². The van der Waals surface area contributed by atoms with Crippen LogP contribution in [-0.4, -0.2) is 32.0 Å². The van der Waals surface area contributed by atoms with Crippen molar-refractivity contribution in [1.82, 2.24) is 24.8 Å². The maximum absolute atomic E-state index is 12.1. The van der Waals surface area contributed by atoms with Crippen LogP contribution in [0, 0.1) is 6.92 Å². The standard InChI is InChI=1S/C21H22N6O/c1-14-25-18-19(17-16(26-20(18)22)10-7-12-23-17)27(14)13-6-5-11-24-21(28)15-8-3-2-4-9-15/h2-4,7-10,12H,5-6,11,13H2,1H3,(H2,22,26)(H,24,28). The maximum Gasteiger partial charge on any atom is 0.251 e. The Morgan fingerprint density at radius 2 is 1.89 bits per heavy atom. The molecule has 4 aromatic rings. The average molecular weight is 374 g/mol. The molecule has 28 heavy (non-hydrogen) atoms. The van der Waals surface area contributed by atoms with E-state index in [-0.39, 0.29) is 5.91 Å². The zero-order chi connectivity index (χ0) is 19.5. The van der Waals surface area contributed by atoms with Crippen molar-refractivity contribution in [2.24, 2.45) is 0 Å². The number of hydrogen-bond donors (Lipinski definition) is 2. The van der Waals surface area contributed by atoms with Crippen LogP contribution in [-0.2, 0) is 6.54 Å². The zero-order valence-corrected chi connectivity index (χ0v) is 15.7. The van der Waals surface area contributed by atoms with Gasteiger partial charge in [-0.2, -0.15) is 0 Å². The molecule has 3 aromatic heterocycles. The van der Waals surface area contributed by atoms with Gasteiger partial charge in [-0.15, -0.1) is 0 Å². The molecule has 0 spiro atoms. The fraction of sp³-hybridized carbons (Fsp3) is 0.238. The second kappa shape index (κ2) is 7.64. The number of imidazole rings is 1. The predicted octanol–water partition coefficient (Wildman–Crippen LogP) is 3.08. The molecule has 142 valence electrons. The fourth-order valence-corrected chi connectivity index (χ4v) is 3.40. The lowest BCUT2D eigenvalue weighted by atomic mass is 10.2. The quantitative estimate of drug-likeness (QED) is 0.505. The van der Waals surface area contributed by atoms with Gasteiger partial charge < -0.3 is 15.6 Å². The largest absolute Gasteiger partial charge is 0.382 e. The first-order chi connectivity index (χ1) is 13.6. The van der Waals surface area contributed by atoms with Gasteiger partial charge in [-0.05, 0) is 44.0 Å². The summed E-state index contributed by atoms with van der Waals surface area (Å²) < 4.78 is 2.14. The number of nitrogen functional groups attached to an aromatic ring is 1. The van der Waals surface area contributed by atoms with Crippen LogP contribution in [0.3, 0.4) is 0 Å². The molecule has 0 saturated heterocycles. The van der Waals surface area contributed by atoms with E-state index in [9.17, 15) is 4.79 Å². The van der Waals surface area contributed by atoms with Gasteiger partial charge in [-0.1, -0.05) is 18.2 Å². The van der Waals surface area contributed by atoms with Crippen LogP contribution in [0.4, 0.5) is 5.82 Å². The van der Waals surface area contributed by atoms with Crippen LogP contribution in [0.5, 0.6) is 0 Å². The van der Waals surface area contributed by atoms with Crippen LogP contribution in [0.1, 0.15) is 29.0 Å². The molecule has 4 rings (SSSR count). The summed E-state index contributed by atoms with van der Waals surface area (Å²) in [6, 6.07) is 13.0. The van der Waals surface area contributed by atoms with Gasteiger partial charge in [0.25, 0.3) is 5.91 Å². The molecule has 0 bridgehead atoms. The fourth-order valence-electron chi connectivity index (χ4n) is 3.40. The lowest BCUT2D eigenvalue weighted by molar-refractivity contribution is 0.0953. The Morgan fingerprint density at radius 1 is 1.07 bits per heavy atom. The predicted molar refractivity (Wildman–Crippen MR) is 110 cm³/mol. The number of aryl methyl sites for hydroxylation is 2. The molecule has 0 aliphatic rings. The number of nitrogens with two attached hydrogens (primary N) is 1. The normalized spacial score (nSPS) is 11.2. The first-order valence-electron chi connectivity index (χ1n) is 9.35. The molecular weight excluding hydrogens is 352 g/mol. The SMILES string of the molecule is Cc1nc2c(N)nc3cccnc3c2n1CCCCNC(=O)c1ccccc1. The molecule has 0 aliphatic carbocycles. The van der Waals surface area contributed by atoms with Gasteiger partial charge in [-0.25, -0.2) is 9.97 Å². The lowest BCUT2D eigenvalue weighted by Gasteiger charge is -2.09. The van der Waals surface area contributed by atoms with Crippen LogP contribution in [0.25, 0.3) is 22.1 Å². The summed E-state index contributed by atoms with van der Waals surface area (Å²) in [5.74, 6) is 1.27. The number of carbonyl (C=O) groups is 1. The van der Waals surface area contributed by atoms with E-state index >= 15 is 0 Å². The highest BCUT2D eigenvalue weighted by atomic mass is 16.1. The second-order valence-electron chi connectivity index (χ2n) is 6.71. The van der Waals surface area contributed by atoms with E-state index in [1.54, 1.807) is 6.20 Å². The van der Waals surface area contributed by atoms with Crippen LogP contribution in [0.15, 0.2) is 48.7 Å². The van der Waals surface area contributed by atoms with Crippen molar-refractivity contribution in [3.8, 4) is 0 Å². The number of benzene rings is 1. The molecule has 1 amide bonds. The molecule has 7 heteroatoms. The van der Waals surface area contributed by atoms with Gasteiger partial charge in [0.1, 0.15) is 22.4 Å². The first-order valence-corrected chi connectivity index (χ1v) is 9.35. The minimum atomic E-state index is -0.0427. The van der Waals surface area contributed by atoms with Crippen molar-refractivity contribution in [1.29, 1.82) is 0 Å². The van der Waals surface area contributed by atoms with Crippen LogP contribution >= 0.6 is 0 Å². The van der Waals surface area contributed by atoms with Crippen molar-refractivity contribution in [3.05, 3.63) is 60.0 Å². The second-order valence-corrected chi connectivity index (χ2v) is 6.71. The summed E-state index contributed by atoms with van der Waals surface area (Å²) in [6.07, 6.45) is 3.52. The van der Waals surface area contributed by atoms with E-state index in [0.29, 0.717) is 23.4 Å². The van der Waals surface area contributed by atoms with Crippen molar-refractivity contribution in [2.75, 3.05) is 12.3 Å². The molecule has 0 aliphatic heterocycles. The Hall–Kier alpha value is -3.48.